The molecule has 28 heavy (non-hydrogen) atoms. The number of rotatable bonds is 8. The summed E-state index contributed by atoms with van der Waals surface area (Å²) >= 11 is 4.53. The third-order valence-corrected chi connectivity index (χ3v) is 7.04. The molecule has 1 amide bonds. The van der Waals surface area contributed by atoms with Gasteiger partial charge in [-0.15, -0.1) is 10.2 Å². The number of amides is 1. The van der Waals surface area contributed by atoms with Crippen molar-refractivity contribution in [2.24, 2.45) is 5.10 Å². The zero-order chi connectivity index (χ0) is 19.8. The molecule has 1 heterocycles. The number of carbonyl (C=O) groups excluding carboxylic acids is 1. The fraction of sp³-hybridized carbons (Fsp3) is 0.200. The minimum Gasteiger partial charge on any atom is -0.272 e. The molecule has 0 aliphatic heterocycles. The lowest BCUT2D eigenvalue weighted by Crippen LogP contribution is -2.19. The summed E-state index contributed by atoms with van der Waals surface area (Å²) in [6, 6.07) is 16.3. The van der Waals surface area contributed by atoms with Crippen molar-refractivity contribution in [2.75, 3.05) is 5.75 Å². The molecule has 0 radical (unpaired) electrons. The van der Waals surface area contributed by atoms with Crippen molar-refractivity contribution in [1.82, 2.24) is 15.6 Å². The molecular weight excluding hydrogens is 408 g/mol. The first-order valence-electron chi connectivity index (χ1n) is 8.62. The van der Waals surface area contributed by atoms with E-state index in [-0.39, 0.29) is 11.7 Å². The molecule has 0 atom stereocenters. The van der Waals surface area contributed by atoms with Crippen LogP contribution in [0.3, 0.4) is 0 Å². The molecule has 0 aliphatic carbocycles. The van der Waals surface area contributed by atoms with E-state index in [4.69, 9.17) is 0 Å². The highest BCUT2D eigenvalue weighted by molar-refractivity contribution is 8.03. The molecule has 0 fully saturated rings. The van der Waals surface area contributed by atoms with Crippen LogP contribution in [0.4, 0.5) is 0 Å². The van der Waals surface area contributed by atoms with Gasteiger partial charge in [-0.25, -0.2) is 5.43 Å². The maximum atomic E-state index is 11.9. The Morgan fingerprint density at radius 1 is 1.07 bits per heavy atom. The number of thioether (sulfide) groups is 2. The monoisotopic (exact) mass is 428 g/mol. The standard InChI is InChI=1S/C20H20N4OS3/c1-14-7-9-16(10-8-14)12-26-19-23-24-20(28-19)27-13-18(25)22-21-11-17-6-4-3-5-15(17)2/h3-11H,12-13H2,1-2H3,(H,22,25)/b21-11+. The molecule has 3 aromatic rings. The molecule has 0 aliphatic rings. The van der Waals surface area contributed by atoms with Gasteiger partial charge in [0.05, 0.1) is 12.0 Å². The fourth-order valence-electron chi connectivity index (χ4n) is 2.21. The Bertz CT molecular complexity index is 954. The Labute approximate surface area is 177 Å². The number of nitrogens with zero attached hydrogens (tertiary/aromatic N) is 3. The number of nitrogens with one attached hydrogen (secondary N) is 1. The molecule has 0 saturated heterocycles. The SMILES string of the molecule is Cc1ccc(CSc2nnc(SCC(=O)N/N=C/c3ccccc3C)s2)cc1. The average Bonchev–Trinajstić information content (AvgIpc) is 3.15. The summed E-state index contributed by atoms with van der Waals surface area (Å²) in [6.07, 6.45) is 1.66. The minimum absolute atomic E-state index is 0.168. The number of aryl methyl sites for hydroxylation is 2. The van der Waals surface area contributed by atoms with Gasteiger partial charge in [-0.3, -0.25) is 4.79 Å². The van der Waals surface area contributed by atoms with Crippen LogP contribution in [0, 0.1) is 13.8 Å². The average molecular weight is 429 g/mol. The lowest BCUT2D eigenvalue weighted by Gasteiger charge is -1.99. The van der Waals surface area contributed by atoms with Crippen LogP contribution in [0.15, 0.2) is 62.3 Å². The topological polar surface area (TPSA) is 67.2 Å². The molecule has 8 heteroatoms. The highest BCUT2D eigenvalue weighted by atomic mass is 32.2. The summed E-state index contributed by atoms with van der Waals surface area (Å²) in [5, 5.41) is 12.3. The summed E-state index contributed by atoms with van der Waals surface area (Å²) in [4.78, 5) is 11.9. The van der Waals surface area contributed by atoms with Crippen molar-refractivity contribution in [1.29, 1.82) is 0 Å². The predicted octanol–water partition coefficient (Wildman–Crippen LogP) is 4.69. The maximum Gasteiger partial charge on any atom is 0.250 e. The van der Waals surface area contributed by atoms with Gasteiger partial charge < -0.3 is 0 Å². The predicted molar refractivity (Wildman–Crippen MR) is 118 cm³/mol. The van der Waals surface area contributed by atoms with Crippen molar-refractivity contribution in [3.05, 3.63) is 70.8 Å². The van der Waals surface area contributed by atoms with Gasteiger partial charge >= 0.3 is 0 Å². The van der Waals surface area contributed by atoms with E-state index in [1.807, 2.05) is 31.2 Å². The van der Waals surface area contributed by atoms with Gasteiger partial charge in [0.1, 0.15) is 0 Å². The van der Waals surface area contributed by atoms with Crippen molar-refractivity contribution in [3.63, 3.8) is 0 Å². The Morgan fingerprint density at radius 2 is 1.79 bits per heavy atom. The summed E-state index contributed by atoms with van der Waals surface area (Å²) in [5.41, 5.74) is 7.15. The largest absolute Gasteiger partial charge is 0.272 e. The van der Waals surface area contributed by atoms with Crippen LogP contribution in [0.25, 0.3) is 0 Å². The third-order valence-electron chi connectivity index (χ3n) is 3.78. The number of carbonyl (C=O) groups is 1. The summed E-state index contributed by atoms with van der Waals surface area (Å²) < 4.78 is 1.69. The van der Waals surface area contributed by atoms with E-state index in [0.29, 0.717) is 0 Å². The van der Waals surface area contributed by atoms with E-state index in [0.717, 1.165) is 25.6 Å². The zero-order valence-corrected chi connectivity index (χ0v) is 18.0. The van der Waals surface area contributed by atoms with Crippen molar-refractivity contribution < 1.29 is 4.79 Å². The minimum atomic E-state index is -0.168. The summed E-state index contributed by atoms with van der Waals surface area (Å²) in [5.74, 6) is 0.940. The van der Waals surface area contributed by atoms with Crippen LogP contribution in [0.2, 0.25) is 0 Å². The molecule has 1 N–H and O–H groups in total. The maximum absolute atomic E-state index is 11.9. The Kier molecular flexibility index (Phi) is 7.64. The second kappa shape index (κ2) is 10.4. The van der Waals surface area contributed by atoms with Gasteiger partial charge in [0.25, 0.3) is 5.91 Å². The van der Waals surface area contributed by atoms with Crippen molar-refractivity contribution in [2.45, 2.75) is 28.3 Å². The number of hydrogen-bond acceptors (Lipinski definition) is 7. The highest BCUT2D eigenvalue weighted by Crippen LogP contribution is 2.30. The van der Waals surface area contributed by atoms with E-state index in [1.165, 1.54) is 34.2 Å². The smallest absolute Gasteiger partial charge is 0.250 e. The van der Waals surface area contributed by atoms with Crippen LogP contribution in [0.5, 0.6) is 0 Å². The first-order chi connectivity index (χ1) is 13.6. The van der Waals surface area contributed by atoms with Crippen LogP contribution >= 0.6 is 34.9 Å². The number of hydrogen-bond donors (Lipinski definition) is 1. The van der Waals surface area contributed by atoms with Crippen molar-refractivity contribution in [3.8, 4) is 0 Å². The first-order valence-corrected chi connectivity index (χ1v) is 11.4. The first kappa shape index (κ1) is 20.6. The summed E-state index contributed by atoms with van der Waals surface area (Å²) in [6.45, 7) is 4.08. The van der Waals surface area contributed by atoms with Gasteiger partial charge in [0.2, 0.25) is 0 Å². The molecule has 0 spiro atoms. The van der Waals surface area contributed by atoms with E-state index >= 15 is 0 Å². The molecule has 1 aromatic heterocycles. The number of hydrazone groups is 1. The molecule has 5 nitrogen and oxygen atoms in total. The van der Waals surface area contributed by atoms with Crippen molar-refractivity contribution >= 4 is 47.0 Å². The number of aromatic nitrogens is 2. The van der Waals surface area contributed by atoms with Gasteiger partial charge in [-0.2, -0.15) is 5.10 Å². The lowest BCUT2D eigenvalue weighted by molar-refractivity contribution is -0.118. The van der Waals surface area contributed by atoms with Gasteiger partial charge in [-0.1, -0.05) is 89.0 Å². The quantitative estimate of drug-likeness (QED) is 0.320. The second-order valence-corrected chi connectivity index (χ2v) is 9.47. The number of benzene rings is 2. The molecular formula is C20H20N4OS3. The molecule has 0 saturated carbocycles. The van der Waals surface area contributed by atoms with Gasteiger partial charge in [-0.05, 0) is 30.5 Å². The fourth-order valence-corrected chi connectivity index (χ4v) is 4.98. The Morgan fingerprint density at radius 3 is 2.54 bits per heavy atom. The van der Waals surface area contributed by atoms with E-state index in [9.17, 15) is 4.79 Å². The summed E-state index contributed by atoms with van der Waals surface area (Å²) in [7, 11) is 0. The van der Waals surface area contributed by atoms with Gasteiger partial charge in [0, 0.05) is 5.75 Å². The lowest BCUT2D eigenvalue weighted by atomic mass is 10.1. The van der Waals surface area contributed by atoms with Gasteiger partial charge in [0.15, 0.2) is 8.68 Å². The van der Waals surface area contributed by atoms with Crippen LogP contribution in [-0.4, -0.2) is 28.1 Å². The van der Waals surface area contributed by atoms with Crippen LogP contribution < -0.4 is 5.43 Å². The second-order valence-electron chi connectivity index (χ2n) is 6.05. The van der Waals surface area contributed by atoms with Crippen LogP contribution in [0.1, 0.15) is 22.3 Å². The molecule has 2 aromatic carbocycles. The van der Waals surface area contributed by atoms with E-state index < -0.39 is 0 Å². The normalized spacial score (nSPS) is 11.1. The Hall–Kier alpha value is -2.16. The van der Waals surface area contributed by atoms with E-state index in [2.05, 4.69) is 51.9 Å². The molecule has 0 unspecified atom stereocenters. The molecule has 144 valence electrons. The molecule has 3 rings (SSSR count). The molecule has 0 bridgehead atoms. The zero-order valence-electron chi connectivity index (χ0n) is 15.6. The Balaban J connectivity index is 1.41. The van der Waals surface area contributed by atoms with E-state index in [1.54, 1.807) is 18.0 Å². The highest BCUT2D eigenvalue weighted by Gasteiger charge is 2.08. The van der Waals surface area contributed by atoms with Crippen LogP contribution in [-0.2, 0) is 10.5 Å². The third kappa shape index (κ3) is 6.47.